The summed E-state index contributed by atoms with van der Waals surface area (Å²) in [5.74, 6) is -2.11. The maximum atomic E-state index is 13.3. The van der Waals surface area contributed by atoms with Crippen molar-refractivity contribution in [1.82, 2.24) is 0 Å². The number of hydrogen-bond donors (Lipinski definition) is 1. The van der Waals surface area contributed by atoms with Crippen molar-refractivity contribution in [2.24, 2.45) is 0 Å². The molecule has 1 rings (SSSR count). The predicted octanol–water partition coefficient (Wildman–Crippen LogP) is 1.96. The molecule has 1 aromatic rings. The lowest BCUT2D eigenvalue weighted by molar-refractivity contribution is -0.147. The zero-order chi connectivity index (χ0) is 12.1. The molecule has 6 heteroatoms. The molecule has 1 unspecified atom stereocenters. The quantitative estimate of drug-likeness (QED) is 0.865. The van der Waals surface area contributed by atoms with E-state index in [1.807, 2.05) is 0 Å². The van der Waals surface area contributed by atoms with E-state index >= 15 is 0 Å². The van der Waals surface area contributed by atoms with Gasteiger partial charge in [0.15, 0.2) is 11.6 Å². The fourth-order valence-corrected chi connectivity index (χ4v) is 1.19. The largest absolute Gasteiger partial charge is 0.478 e. The molecule has 0 aliphatic carbocycles. The molecular weight excluding hydrogens is 239 g/mol. The molecule has 1 atom stereocenters. The lowest BCUT2D eigenvalue weighted by atomic mass is 10.3. The van der Waals surface area contributed by atoms with Crippen LogP contribution in [0.4, 0.5) is 4.39 Å². The fourth-order valence-electron chi connectivity index (χ4n) is 1.03. The van der Waals surface area contributed by atoms with Crippen molar-refractivity contribution in [2.75, 3.05) is 13.7 Å². The Morgan fingerprint density at radius 2 is 2.31 bits per heavy atom. The van der Waals surface area contributed by atoms with Gasteiger partial charge < -0.3 is 14.6 Å². The van der Waals surface area contributed by atoms with Crippen LogP contribution in [0.5, 0.6) is 5.75 Å². The molecule has 0 aliphatic heterocycles. The van der Waals surface area contributed by atoms with Crippen LogP contribution in [-0.4, -0.2) is 30.9 Å². The highest BCUT2D eigenvalue weighted by atomic mass is 35.5. The van der Waals surface area contributed by atoms with E-state index in [9.17, 15) is 9.18 Å². The van der Waals surface area contributed by atoms with Crippen LogP contribution < -0.4 is 4.74 Å². The van der Waals surface area contributed by atoms with Crippen LogP contribution >= 0.6 is 11.6 Å². The van der Waals surface area contributed by atoms with Gasteiger partial charge >= 0.3 is 5.97 Å². The van der Waals surface area contributed by atoms with Crippen LogP contribution in [0.3, 0.4) is 0 Å². The zero-order valence-electron chi connectivity index (χ0n) is 8.44. The lowest BCUT2D eigenvalue weighted by Gasteiger charge is -2.14. The number of carboxylic acids is 1. The third kappa shape index (κ3) is 3.36. The standard InChI is InChI=1S/C10H10ClFO4/c1-15-5-9(10(13)14)16-8-3-2-6(11)4-7(8)12/h2-4,9H,5H2,1H3,(H,13,14). The summed E-state index contributed by atoms with van der Waals surface area (Å²) in [4.78, 5) is 10.7. The third-order valence-corrected chi connectivity index (χ3v) is 1.99. The highest BCUT2D eigenvalue weighted by molar-refractivity contribution is 6.30. The van der Waals surface area contributed by atoms with Gasteiger partial charge in [-0.1, -0.05) is 11.6 Å². The Bertz CT molecular complexity index is 383. The fraction of sp³-hybridized carbons (Fsp3) is 0.300. The van der Waals surface area contributed by atoms with E-state index in [1.54, 1.807) is 0 Å². The molecule has 0 saturated carbocycles. The van der Waals surface area contributed by atoms with Crippen LogP contribution in [0.2, 0.25) is 5.02 Å². The first kappa shape index (κ1) is 12.7. The second-order valence-corrected chi connectivity index (χ2v) is 3.41. The summed E-state index contributed by atoms with van der Waals surface area (Å²) in [5, 5.41) is 8.97. The molecule has 0 saturated heterocycles. The van der Waals surface area contributed by atoms with Gasteiger partial charge in [0, 0.05) is 12.1 Å². The van der Waals surface area contributed by atoms with Crippen LogP contribution in [0.25, 0.3) is 0 Å². The van der Waals surface area contributed by atoms with Crippen molar-refractivity contribution in [1.29, 1.82) is 0 Å². The summed E-state index contributed by atoms with van der Waals surface area (Å²) < 4.78 is 22.9. The minimum atomic E-state index is -1.25. The van der Waals surface area contributed by atoms with Gasteiger partial charge in [-0.25, -0.2) is 9.18 Å². The topological polar surface area (TPSA) is 55.8 Å². The van der Waals surface area contributed by atoms with E-state index in [0.717, 1.165) is 6.07 Å². The zero-order valence-corrected chi connectivity index (χ0v) is 9.20. The smallest absolute Gasteiger partial charge is 0.347 e. The highest BCUT2D eigenvalue weighted by Gasteiger charge is 2.20. The molecule has 0 radical (unpaired) electrons. The first-order valence-electron chi connectivity index (χ1n) is 4.38. The van der Waals surface area contributed by atoms with Gasteiger partial charge in [-0.15, -0.1) is 0 Å². The number of aliphatic carboxylic acids is 1. The van der Waals surface area contributed by atoms with Gasteiger partial charge in [0.2, 0.25) is 6.10 Å². The van der Waals surface area contributed by atoms with E-state index in [2.05, 4.69) is 4.74 Å². The van der Waals surface area contributed by atoms with Gasteiger partial charge in [0.1, 0.15) is 0 Å². The van der Waals surface area contributed by atoms with Crippen molar-refractivity contribution in [3.63, 3.8) is 0 Å². The van der Waals surface area contributed by atoms with Gasteiger partial charge in [0.25, 0.3) is 0 Å². The maximum Gasteiger partial charge on any atom is 0.347 e. The number of halogens is 2. The van der Waals surface area contributed by atoms with E-state index in [-0.39, 0.29) is 17.4 Å². The molecule has 0 amide bonds. The van der Waals surface area contributed by atoms with Crippen molar-refractivity contribution >= 4 is 17.6 Å². The average Bonchev–Trinajstić information content (AvgIpc) is 2.20. The average molecular weight is 249 g/mol. The van der Waals surface area contributed by atoms with E-state index < -0.39 is 17.9 Å². The second kappa shape index (κ2) is 5.67. The normalized spacial score (nSPS) is 12.2. The summed E-state index contributed by atoms with van der Waals surface area (Å²) in [7, 11) is 1.33. The SMILES string of the molecule is COCC(Oc1ccc(Cl)cc1F)C(=O)O. The number of carboxylic acid groups (broad SMARTS) is 1. The molecule has 1 N–H and O–H groups in total. The Labute approximate surface area is 96.5 Å². The Morgan fingerprint density at radius 3 is 2.81 bits per heavy atom. The number of carbonyl (C=O) groups is 1. The van der Waals surface area contributed by atoms with Crippen LogP contribution in [-0.2, 0) is 9.53 Å². The highest BCUT2D eigenvalue weighted by Crippen LogP contribution is 2.22. The molecule has 4 nitrogen and oxygen atoms in total. The summed E-state index contributed by atoms with van der Waals surface area (Å²) in [5.41, 5.74) is 0. The van der Waals surface area contributed by atoms with Crippen molar-refractivity contribution in [3.05, 3.63) is 29.0 Å². The van der Waals surface area contributed by atoms with Crippen molar-refractivity contribution in [2.45, 2.75) is 6.10 Å². The minimum absolute atomic E-state index is 0.169. The van der Waals surface area contributed by atoms with Crippen LogP contribution in [0.15, 0.2) is 18.2 Å². The Kier molecular flexibility index (Phi) is 4.52. The van der Waals surface area contributed by atoms with Gasteiger partial charge in [-0.2, -0.15) is 0 Å². The van der Waals surface area contributed by atoms with Crippen LogP contribution in [0.1, 0.15) is 0 Å². The molecular formula is C10H10ClFO4. The summed E-state index contributed by atoms with van der Waals surface area (Å²) in [6.07, 6.45) is -1.25. The number of ether oxygens (including phenoxy) is 2. The lowest BCUT2D eigenvalue weighted by Crippen LogP contribution is -2.31. The number of hydrogen-bond acceptors (Lipinski definition) is 3. The number of rotatable bonds is 5. The molecule has 0 spiro atoms. The summed E-state index contributed by atoms with van der Waals surface area (Å²) in [6, 6.07) is 3.72. The monoisotopic (exact) mass is 248 g/mol. The molecule has 0 aliphatic rings. The van der Waals surface area contributed by atoms with E-state index in [1.165, 1.54) is 19.2 Å². The molecule has 0 bridgehead atoms. The Balaban J connectivity index is 2.81. The number of methoxy groups -OCH3 is 1. The van der Waals surface area contributed by atoms with Crippen molar-refractivity contribution < 1.29 is 23.8 Å². The summed E-state index contributed by atoms with van der Waals surface area (Å²) in [6.45, 7) is -0.169. The molecule has 88 valence electrons. The first-order chi connectivity index (χ1) is 7.54. The Morgan fingerprint density at radius 1 is 1.62 bits per heavy atom. The predicted molar refractivity (Wildman–Crippen MR) is 55.3 cm³/mol. The second-order valence-electron chi connectivity index (χ2n) is 2.97. The maximum absolute atomic E-state index is 13.3. The van der Waals surface area contributed by atoms with E-state index in [0.29, 0.717) is 0 Å². The van der Waals surface area contributed by atoms with Gasteiger partial charge in [0.05, 0.1) is 6.61 Å². The molecule has 16 heavy (non-hydrogen) atoms. The molecule has 0 aromatic heterocycles. The molecule has 0 fully saturated rings. The summed E-state index contributed by atoms with van der Waals surface area (Å²) >= 11 is 5.54. The number of benzene rings is 1. The minimum Gasteiger partial charge on any atom is -0.478 e. The molecule has 1 aromatic carbocycles. The third-order valence-electron chi connectivity index (χ3n) is 1.76. The first-order valence-corrected chi connectivity index (χ1v) is 4.76. The Hall–Kier alpha value is -1.33. The van der Waals surface area contributed by atoms with Crippen molar-refractivity contribution in [3.8, 4) is 5.75 Å². The van der Waals surface area contributed by atoms with Crippen LogP contribution in [0, 0.1) is 5.82 Å². The van der Waals surface area contributed by atoms with Gasteiger partial charge in [-0.3, -0.25) is 0 Å². The van der Waals surface area contributed by atoms with E-state index in [4.69, 9.17) is 21.4 Å². The van der Waals surface area contributed by atoms with Gasteiger partial charge in [-0.05, 0) is 18.2 Å². The molecule has 0 heterocycles.